The number of guanidine groups is 1. The predicted molar refractivity (Wildman–Crippen MR) is 160 cm³/mol. The van der Waals surface area contributed by atoms with Crippen LogP contribution in [0.1, 0.15) is 25.3 Å². The van der Waals surface area contributed by atoms with Crippen molar-refractivity contribution in [1.82, 2.24) is 9.62 Å². The number of benzene rings is 3. The number of carboxylic acid groups (broad SMARTS) is 1. The average Bonchev–Trinajstić information content (AvgIpc) is 2.97. The lowest BCUT2D eigenvalue weighted by atomic mass is 10.1. The molecule has 6 N–H and O–H groups in total. The summed E-state index contributed by atoms with van der Waals surface area (Å²) in [5, 5.41) is 11.0. The molecule has 226 valence electrons. The Morgan fingerprint density at radius 2 is 1.64 bits per heavy atom. The molecule has 0 aliphatic heterocycles. The minimum Gasteiger partial charge on any atom is -0.493 e. The Morgan fingerprint density at radius 3 is 2.24 bits per heavy atom. The standard InChI is InChI=1S/C29H37N5O7S/c1-19(28(36)37)34(15-13-20-8-5-4-6-9-20)27(35)24(10-7-14-32-29(30)31)33-42(38,39)23-12-11-21-17-25(40-2)26(41-3)18-22(21)16-23/h4-6,8-9,11-12,16-19,24,33H,7,10,13-15H2,1-3H3,(H,36,37)(H4,30,31,32)/t19-,24-/m0/s1. The Bertz CT molecular complexity index is 1530. The van der Waals surface area contributed by atoms with Crippen LogP contribution in [0.2, 0.25) is 0 Å². The molecule has 1 amide bonds. The number of nitrogens with one attached hydrogen (secondary N) is 1. The van der Waals surface area contributed by atoms with Crippen molar-refractivity contribution in [3.63, 3.8) is 0 Å². The van der Waals surface area contributed by atoms with Gasteiger partial charge in [0.2, 0.25) is 15.9 Å². The molecule has 3 aromatic carbocycles. The zero-order chi connectivity index (χ0) is 30.9. The Hall–Kier alpha value is -4.36. The number of carbonyl (C=O) groups excluding carboxylic acids is 1. The minimum atomic E-state index is -4.23. The number of aliphatic imine (C=N–C) groups is 1. The maximum absolute atomic E-state index is 13.8. The summed E-state index contributed by atoms with van der Waals surface area (Å²) in [6.45, 7) is 1.62. The summed E-state index contributed by atoms with van der Waals surface area (Å²) in [7, 11) is -1.25. The molecule has 42 heavy (non-hydrogen) atoms. The summed E-state index contributed by atoms with van der Waals surface area (Å²) in [4.78, 5) is 30.8. The van der Waals surface area contributed by atoms with Crippen LogP contribution in [0.15, 0.2) is 70.6 Å². The summed E-state index contributed by atoms with van der Waals surface area (Å²) in [5.74, 6) is -1.09. The van der Waals surface area contributed by atoms with Crippen molar-refractivity contribution in [1.29, 1.82) is 0 Å². The lowest BCUT2D eigenvalue weighted by molar-refractivity contribution is -0.150. The highest BCUT2D eigenvalue weighted by Gasteiger charge is 2.33. The quantitative estimate of drug-likeness (QED) is 0.115. The first-order chi connectivity index (χ1) is 20.0. The van der Waals surface area contributed by atoms with Crippen LogP contribution in [0, 0.1) is 0 Å². The molecule has 0 spiro atoms. The molecule has 3 rings (SSSR count). The molecule has 12 nitrogen and oxygen atoms in total. The molecule has 13 heteroatoms. The number of nitrogens with zero attached hydrogens (tertiary/aromatic N) is 2. The van der Waals surface area contributed by atoms with Gasteiger partial charge in [-0.1, -0.05) is 36.4 Å². The Labute approximate surface area is 245 Å². The van der Waals surface area contributed by atoms with Gasteiger partial charge in [0.1, 0.15) is 12.1 Å². The van der Waals surface area contributed by atoms with Crippen molar-refractivity contribution < 1.29 is 32.6 Å². The molecule has 2 atom stereocenters. The molecule has 0 saturated carbocycles. The fourth-order valence-corrected chi connectivity index (χ4v) is 5.69. The third kappa shape index (κ3) is 8.33. The smallest absolute Gasteiger partial charge is 0.326 e. The Kier molecular flexibility index (Phi) is 11.1. The molecule has 0 saturated heterocycles. The van der Waals surface area contributed by atoms with Crippen LogP contribution in [0.3, 0.4) is 0 Å². The number of amides is 1. The molecule has 0 aliphatic carbocycles. The average molecular weight is 600 g/mol. The maximum atomic E-state index is 13.8. The number of aliphatic carboxylic acids is 1. The van der Waals surface area contributed by atoms with Gasteiger partial charge in [-0.25, -0.2) is 13.2 Å². The highest BCUT2D eigenvalue weighted by Crippen LogP contribution is 2.33. The van der Waals surface area contributed by atoms with Crippen LogP contribution in [0.5, 0.6) is 11.5 Å². The fraction of sp³-hybridized carbons (Fsp3) is 0.345. The van der Waals surface area contributed by atoms with E-state index in [4.69, 9.17) is 20.9 Å². The molecule has 0 aromatic heterocycles. The van der Waals surface area contributed by atoms with E-state index in [2.05, 4.69) is 9.71 Å². The van der Waals surface area contributed by atoms with E-state index in [-0.39, 0.29) is 36.8 Å². The maximum Gasteiger partial charge on any atom is 0.326 e. The first-order valence-electron chi connectivity index (χ1n) is 13.3. The highest BCUT2D eigenvalue weighted by molar-refractivity contribution is 7.89. The first kappa shape index (κ1) is 32.2. The number of hydrogen-bond acceptors (Lipinski definition) is 7. The molecule has 0 aliphatic rings. The summed E-state index contributed by atoms with van der Waals surface area (Å²) in [6, 6.07) is 14.7. The minimum absolute atomic E-state index is 0.0294. The van der Waals surface area contributed by atoms with Crippen molar-refractivity contribution in [2.45, 2.75) is 43.2 Å². The second-order valence-corrected chi connectivity index (χ2v) is 11.3. The van der Waals surface area contributed by atoms with Gasteiger partial charge >= 0.3 is 5.97 Å². The molecule has 0 fully saturated rings. The monoisotopic (exact) mass is 599 g/mol. The lowest BCUT2D eigenvalue weighted by Crippen LogP contribution is -2.53. The number of rotatable bonds is 15. The summed E-state index contributed by atoms with van der Waals surface area (Å²) in [6.07, 6.45) is 0.675. The van der Waals surface area contributed by atoms with Gasteiger partial charge < -0.3 is 30.9 Å². The van der Waals surface area contributed by atoms with Crippen molar-refractivity contribution >= 4 is 38.6 Å². The zero-order valence-corrected chi connectivity index (χ0v) is 24.6. The van der Waals surface area contributed by atoms with Crippen LogP contribution >= 0.6 is 0 Å². The Morgan fingerprint density at radius 1 is 1.00 bits per heavy atom. The van der Waals surface area contributed by atoms with E-state index in [1.54, 1.807) is 18.2 Å². The van der Waals surface area contributed by atoms with E-state index in [1.165, 1.54) is 38.2 Å². The summed E-state index contributed by atoms with van der Waals surface area (Å²) in [5.41, 5.74) is 11.7. The van der Waals surface area contributed by atoms with Gasteiger partial charge in [0, 0.05) is 13.1 Å². The third-order valence-corrected chi connectivity index (χ3v) is 8.23. The van der Waals surface area contributed by atoms with Crippen molar-refractivity contribution in [3.05, 3.63) is 66.2 Å². The second kappa shape index (κ2) is 14.5. The van der Waals surface area contributed by atoms with E-state index in [0.717, 1.165) is 10.9 Å². The molecular weight excluding hydrogens is 562 g/mol. The molecule has 0 bridgehead atoms. The number of methoxy groups -OCH3 is 2. The number of sulfonamides is 1. The molecule has 0 radical (unpaired) electrons. The second-order valence-electron chi connectivity index (χ2n) is 9.62. The normalized spacial score (nSPS) is 12.7. The molecular formula is C29H37N5O7S. The number of carbonyl (C=O) groups is 2. The van der Waals surface area contributed by atoms with Crippen LogP contribution in [-0.2, 0) is 26.0 Å². The molecule has 3 aromatic rings. The lowest BCUT2D eigenvalue weighted by Gasteiger charge is -2.31. The number of fused-ring (bicyclic) bond motifs is 1. The SMILES string of the molecule is COc1cc2ccc(S(=O)(=O)N[C@@H](CCCN=C(N)N)C(=O)N(CCc3ccccc3)[C@@H](C)C(=O)O)cc2cc1OC. The van der Waals surface area contributed by atoms with E-state index >= 15 is 0 Å². The van der Waals surface area contributed by atoms with Crippen molar-refractivity contribution in [2.24, 2.45) is 16.5 Å². The van der Waals surface area contributed by atoms with Crippen LogP contribution < -0.4 is 25.7 Å². The van der Waals surface area contributed by atoms with Gasteiger partial charge in [-0.05, 0) is 66.8 Å². The summed E-state index contributed by atoms with van der Waals surface area (Å²) < 4.78 is 40.4. The van der Waals surface area contributed by atoms with E-state index in [0.29, 0.717) is 23.3 Å². The predicted octanol–water partition coefficient (Wildman–Crippen LogP) is 2.10. The third-order valence-electron chi connectivity index (χ3n) is 6.76. The van der Waals surface area contributed by atoms with Crippen LogP contribution in [-0.4, -0.2) is 75.7 Å². The molecule has 0 heterocycles. The van der Waals surface area contributed by atoms with E-state index in [9.17, 15) is 23.1 Å². The summed E-state index contributed by atoms with van der Waals surface area (Å²) >= 11 is 0. The van der Waals surface area contributed by atoms with Crippen LogP contribution in [0.4, 0.5) is 0 Å². The number of ether oxygens (including phenoxy) is 2. The van der Waals surface area contributed by atoms with Gasteiger partial charge in [-0.2, -0.15) is 4.72 Å². The van der Waals surface area contributed by atoms with Crippen LogP contribution in [0.25, 0.3) is 10.8 Å². The van der Waals surface area contributed by atoms with Crippen molar-refractivity contribution in [3.8, 4) is 11.5 Å². The fourth-order valence-electron chi connectivity index (χ4n) is 4.43. The zero-order valence-electron chi connectivity index (χ0n) is 23.8. The number of hydrogen-bond donors (Lipinski definition) is 4. The Balaban J connectivity index is 1.94. The topological polar surface area (TPSA) is 187 Å². The van der Waals surface area contributed by atoms with Gasteiger partial charge in [0.15, 0.2) is 17.5 Å². The molecule has 0 unspecified atom stereocenters. The first-order valence-corrected chi connectivity index (χ1v) is 14.8. The number of carboxylic acids is 1. The van der Waals surface area contributed by atoms with Gasteiger partial charge in [0.05, 0.1) is 19.1 Å². The van der Waals surface area contributed by atoms with Crippen molar-refractivity contribution in [2.75, 3.05) is 27.3 Å². The van der Waals surface area contributed by atoms with Gasteiger partial charge in [0.25, 0.3) is 0 Å². The highest BCUT2D eigenvalue weighted by atomic mass is 32.2. The number of nitrogens with two attached hydrogens (primary N) is 2. The van der Waals surface area contributed by atoms with Gasteiger partial charge in [-0.3, -0.25) is 9.79 Å². The van der Waals surface area contributed by atoms with E-state index < -0.39 is 34.0 Å². The van der Waals surface area contributed by atoms with Gasteiger partial charge in [-0.15, -0.1) is 0 Å². The van der Waals surface area contributed by atoms with E-state index in [1.807, 2.05) is 30.3 Å². The largest absolute Gasteiger partial charge is 0.493 e.